The van der Waals surface area contributed by atoms with Gasteiger partial charge in [-0.05, 0) is 13.0 Å². The lowest BCUT2D eigenvalue weighted by molar-refractivity contribution is -0.683. The Kier molecular flexibility index (Phi) is 12.7. The molecule has 2 nitrogen and oxygen atoms in total. The molecule has 0 saturated carbocycles. The second-order valence-corrected chi connectivity index (χ2v) is 12.6. The van der Waals surface area contributed by atoms with E-state index in [9.17, 15) is 57.5 Å². The first-order valence-corrected chi connectivity index (χ1v) is 16.2. The van der Waals surface area contributed by atoms with Crippen LogP contribution in [0.4, 0.5) is 87.8 Å². The predicted octanol–water partition coefficient (Wildman–Crippen LogP) is 8.01. The van der Waals surface area contributed by atoms with Crippen molar-refractivity contribution in [3.8, 4) is 0 Å². The second-order valence-electron chi connectivity index (χ2n) is 12.6. The normalized spacial score (nSPS) is 11.5. The first-order chi connectivity index (χ1) is 28.5. The Morgan fingerprint density at radius 3 is 0.918 bits per heavy atom. The van der Waals surface area contributed by atoms with E-state index >= 15 is 35.1 Å². The number of aryl methyl sites for hydroxylation is 1. The lowest BCUT2D eigenvalue weighted by atomic mass is 9.12. The highest BCUT2D eigenvalue weighted by atomic mass is 19.2. The summed E-state index contributed by atoms with van der Waals surface area (Å²) in [6, 6.07) is 13.5. The summed E-state index contributed by atoms with van der Waals surface area (Å²) < 4.78 is 296. The Labute approximate surface area is 326 Å². The number of benzene rings is 5. The Morgan fingerprint density at radius 2 is 0.656 bits per heavy atom. The molecule has 0 saturated heterocycles. The fourth-order valence-electron chi connectivity index (χ4n) is 6.49. The van der Waals surface area contributed by atoms with Gasteiger partial charge in [-0.2, -0.15) is 4.57 Å². The van der Waals surface area contributed by atoms with Crippen molar-refractivity contribution in [2.24, 2.45) is 0 Å². The molecule has 0 radical (unpaired) electrons. The number of hydrogen-bond donors (Lipinski definition) is 0. The molecule has 0 fully saturated rings. The largest absolute Gasteiger partial charge is 0.287 e. The van der Waals surface area contributed by atoms with Crippen LogP contribution in [0.25, 0.3) is 0 Å². The number of nitrogens with zero attached hydrogens (tertiary/aromatic N) is 1. The van der Waals surface area contributed by atoms with E-state index in [0.29, 0.717) is 6.54 Å². The van der Waals surface area contributed by atoms with Gasteiger partial charge in [0.25, 0.3) is 0 Å². The number of Topliss-reactive ketones (excluding diaryl/α,β-unsaturated/α-hetero) is 1. The van der Waals surface area contributed by atoms with Gasteiger partial charge in [0.05, 0.1) is 0 Å². The third-order valence-electron chi connectivity index (χ3n) is 9.15. The van der Waals surface area contributed by atoms with Crippen molar-refractivity contribution in [3.05, 3.63) is 182 Å². The zero-order valence-corrected chi connectivity index (χ0v) is 29.4. The van der Waals surface area contributed by atoms with Crippen LogP contribution in [0.1, 0.15) is 15.9 Å². The average Bonchev–Trinajstić information content (AvgIpc) is 3.24. The van der Waals surface area contributed by atoms with E-state index in [1.54, 1.807) is 0 Å². The van der Waals surface area contributed by atoms with E-state index in [0.717, 1.165) is 11.1 Å². The SMILES string of the molecule is Cc1cccc(C(=O)C[n+]2ccccc2)c1.Fc1c(F)c(F)c([B-](c2c(F)c(F)c(F)c(F)c2F)(c2c(F)c(F)c(F)c(F)c2F)c2c(F)c(F)c(F)c(F)c2F)c(F)c1F. The number of ketones is 1. The van der Waals surface area contributed by atoms with Crippen molar-refractivity contribution in [1.82, 2.24) is 0 Å². The van der Waals surface area contributed by atoms with Gasteiger partial charge < -0.3 is 0 Å². The molecule has 0 bridgehead atoms. The van der Waals surface area contributed by atoms with Crippen molar-refractivity contribution < 1.29 is 97.2 Å². The highest BCUT2D eigenvalue weighted by molar-refractivity contribution is 7.20. The molecule has 0 aliphatic rings. The number of halogens is 20. The molecule has 5 aromatic carbocycles. The van der Waals surface area contributed by atoms with Gasteiger partial charge in [0.1, 0.15) is 52.7 Å². The Hall–Kier alpha value is -6.42. The van der Waals surface area contributed by atoms with Crippen molar-refractivity contribution in [3.63, 3.8) is 0 Å². The molecule has 61 heavy (non-hydrogen) atoms. The second kappa shape index (κ2) is 16.9. The molecular weight excluding hydrogens is 877 g/mol. The topological polar surface area (TPSA) is 20.9 Å². The van der Waals surface area contributed by atoms with Crippen LogP contribution in [0.3, 0.4) is 0 Å². The highest BCUT2D eigenvalue weighted by Crippen LogP contribution is 2.30. The van der Waals surface area contributed by atoms with Gasteiger partial charge in [-0.3, -0.25) is 4.79 Å². The number of pyridine rings is 1. The molecule has 0 spiro atoms. The van der Waals surface area contributed by atoms with Crippen molar-refractivity contribution in [1.29, 1.82) is 0 Å². The number of carbonyl (C=O) groups excluding carboxylic acids is 1. The summed E-state index contributed by atoms with van der Waals surface area (Å²) in [5, 5.41) is 0. The zero-order chi connectivity index (χ0) is 45.7. The monoisotopic (exact) mass is 891 g/mol. The molecule has 0 atom stereocenters. The van der Waals surface area contributed by atoms with Crippen LogP contribution in [0.15, 0.2) is 54.9 Å². The number of carbonyl (C=O) groups is 1. The first-order valence-electron chi connectivity index (χ1n) is 16.2. The van der Waals surface area contributed by atoms with Crippen molar-refractivity contribution in [2.45, 2.75) is 13.5 Å². The van der Waals surface area contributed by atoms with Gasteiger partial charge >= 0.3 is 0 Å². The molecule has 1 aromatic heterocycles. The van der Waals surface area contributed by atoms with E-state index < -0.39 is 144 Å². The van der Waals surface area contributed by atoms with Gasteiger partial charge in [-0.1, -0.05) is 29.8 Å². The molecule has 0 aliphatic carbocycles. The van der Waals surface area contributed by atoms with E-state index in [2.05, 4.69) is 0 Å². The number of hydrogen-bond acceptors (Lipinski definition) is 1. The quantitative estimate of drug-likeness (QED) is 0.0398. The Balaban J connectivity index is 0.000000366. The van der Waals surface area contributed by atoms with Crippen LogP contribution in [0.2, 0.25) is 0 Å². The molecule has 0 unspecified atom stereocenters. The highest BCUT2D eigenvalue weighted by Gasteiger charge is 2.52. The first kappa shape index (κ1) is 45.7. The van der Waals surface area contributed by atoms with Gasteiger partial charge in [0.2, 0.25) is 12.3 Å². The summed E-state index contributed by atoms with van der Waals surface area (Å²) in [6.07, 6.45) is -3.42. The molecule has 23 heteroatoms. The molecule has 6 aromatic rings. The van der Waals surface area contributed by atoms with Crippen LogP contribution in [-0.4, -0.2) is 11.9 Å². The summed E-state index contributed by atoms with van der Waals surface area (Å²) in [4.78, 5) is 11.9. The van der Waals surface area contributed by atoms with Crippen molar-refractivity contribution >= 4 is 33.8 Å². The standard InChI is InChI=1S/C24BF20.C14H14NO/c26-5-1(6(27)14(35)21(42)13(5)34)25(2-7(28)15(36)22(43)16(37)8(2)29,3-9(30)17(38)23(44)18(39)10(3)31)4-11(32)19(40)24(45)20(41)12(4)33;1-12-6-5-7-13(10-12)14(16)11-15-8-3-2-4-9-15/h;2-10H,11H2,1H3/q-1;+1. The van der Waals surface area contributed by atoms with Crippen LogP contribution in [-0.2, 0) is 6.54 Å². The van der Waals surface area contributed by atoms with Crippen LogP contribution < -0.4 is 26.4 Å². The van der Waals surface area contributed by atoms with E-state index in [4.69, 9.17) is 0 Å². The van der Waals surface area contributed by atoms with E-state index in [1.807, 2.05) is 66.3 Å². The fraction of sp³-hybridized carbons (Fsp3) is 0.0526. The Morgan fingerprint density at radius 1 is 0.393 bits per heavy atom. The summed E-state index contributed by atoms with van der Waals surface area (Å²) in [5.41, 5.74) is -12.4. The van der Waals surface area contributed by atoms with Gasteiger partial charge in [-0.15, -0.1) is 21.9 Å². The minimum Gasteiger partial charge on any atom is -0.287 e. The number of rotatable bonds is 7. The maximum absolute atomic E-state index is 15.4. The summed E-state index contributed by atoms with van der Waals surface area (Å²) in [5.74, 6) is -71.3. The summed E-state index contributed by atoms with van der Waals surface area (Å²) in [6.45, 7) is 2.39. The molecule has 0 amide bonds. The lowest BCUT2D eigenvalue weighted by Crippen LogP contribution is -2.81. The minimum atomic E-state index is -7.22. The van der Waals surface area contributed by atoms with Crippen molar-refractivity contribution in [2.75, 3.05) is 0 Å². The van der Waals surface area contributed by atoms with Crippen LogP contribution in [0.5, 0.6) is 0 Å². The molecule has 0 N–H and O–H groups in total. The predicted molar refractivity (Wildman–Crippen MR) is 171 cm³/mol. The third kappa shape index (κ3) is 7.32. The third-order valence-corrected chi connectivity index (χ3v) is 9.15. The van der Waals surface area contributed by atoms with Gasteiger partial charge in [-0.25, -0.2) is 87.8 Å². The molecular formula is C38H14BF20NO. The van der Waals surface area contributed by atoms with E-state index in [-0.39, 0.29) is 5.78 Å². The Bertz CT molecular complexity index is 2380. The van der Waals surface area contributed by atoms with Crippen LogP contribution >= 0.6 is 0 Å². The van der Waals surface area contributed by atoms with Crippen LogP contribution in [0, 0.1) is 123 Å². The molecule has 6 rings (SSSR count). The molecule has 320 valence electrons. The van der Waals surface area contributed by atoms with Gasteiger partial charge in [0.15, 0.2) is 82.2 Å². The van der Waals surface area contributed by atoms with Gasteiger partial charge in [0, 0.05) is 17.7 Å². The molecule has 1 heterocycles. The number of aromatic nitrogens is 1. The maximum atomic E-state index is 15.4. The summed E-state index contributed by atoms with van der Waals surface area (Å²) in [7, 11) is 0. The lowest BCUT2D eigenvalue weighted by Gasteiger charge is -2.44. The zero-order valence-electron chi connectivity index (χ0n) is 29.4. The summed E-state index contributed by atoms with van der Waals surface area (Å²) >= 11 is 0. The average molecular weight is 891 g/mol. The molecule has 0 aliphatic heterocycles. The minimum absolute atomic E-state index is 0.139. The smallest absolute Gasteiger partial charge is 0.227 e. The van der Waals surface area contributed by atoms with E-state index in [1.165, 1.54) is 0 Å². The fourth-order valence-corrected chi connectivity index (χ4v) is 6.49. The maximum Gasteiger partial charge on any atom is 0.227 e.